The molecule has 1 amide bonds. The lowest BCUT2D eigenvalue weighted by Gasteiger charge is -2.22. The summed E-state index contributed by atoms with van der Waals surface area (Å²) < 4.78 is 0. The van der Waals surface area contributed by atoms with Crippen molar-refractivity contribution in [3.8, 4) is 0 Å². The maximum absolute atomic E-state index is 11.3. The molecule has 0 bridgehead atoms. The van der Waals surface area contributed by atoms with E-state index in [-0.39, 0.29) is 5.91 Å². The van der Waals surface area contributed by atoms with Gasteiger partial charge in [0.2, 0.25) is 5.91 Å². The van der Waals surface area contributed by atoms with Gasteiger partial charge in [0, 0.05) is 12.6 Å². The van der Waals surface area contributed by atoms with Gasteiger partial charge < -0.3 is 0 Å². The van der Waals surface area contributed by atoms with E-state index in [1.165, 1.54) is 5.56 Å². The largest absolute Gasteiger partial charge is 0.300 e. The van der Waals surface area contributed by atoms with Gasteiger partial charge >= 0.3 is 0 Å². The molecule has 0 saturated heterocycles. The van der Waals surface area contributed by atoms with Crippen LogP contribution in [0.5, 0.6) is 0 Å². The summed E-state index contributed by atoms with van der Waals surface area (Å²) in [6.45, 7) is 5.14. The topological polar surface area (TPSA) is 58.4 Å². The molecule has 4 heteroatoms. The summed E-state index contributed by atoms with van der Waals surface area (Å²) >= 11 is 0. The Morgan fingerprint density at radius 1 is 1.35 bits per heavy atom. The van der Waals surface area contributed by atoms with Crippen molar-refractivity contribution in [2.45, 2.75) is 32.9 Å². The highest BCUT2D eigenvalue weighted by atomic mass is 16.2. The van der Waals surface area contributed by atoms with Crippen LogP contribution in [0.2, 0.25) is 0 Å². The van der Waals surface area contributed by atoms with Crippen molar-refractivity contribution in [1.82, 2.24) is 10.3 Å². The van der Waals surface area contributed by atoms with Crippen LogP contribution in [0, 0.1) is 0 Å². The Kier molecular flexibility index (Phi) is 5.12. The van der Waals surface area contributed by atoms with E-state index < -0.39 is 0 Å². The normalized spacial score (nSPS) is 10.9. The molecule has 0 radical (unpaired) electrons. The average Bonchev–Trinajstić information content (AvgIpc) is 2.31. The lowest BCUT2D eigenvalue weighted by Crippen LogP contribution is -2.32. The second-order valence-electron chi connectivity index (χ2n) is 4.52. The first-order chi connectivity index (χ1) is 8.04. The van der Waals surface area contributed by atoms with Crippen molar-refractivity contribution in [2.75, 3.05) is 7.05 Å². The highest BCUT2D eigenvalue weighted by molar-refractivity contribution is 5.78. The number of rotatable bonds is 5. The van der Waals surface area contributed by atoms with E-state index in [4.69, 9.17) is 5.84 Å². The third-order valence-electron chi connectivity index (χ3n) is 2.93. The van der Waals surface area contributed by atoms with Crippen LogP contribution in [0.15, 0.2) is 24.3 Å². The minimum absolute atomic E-state index is 0.162. The number of carbonyl (C=O) groups excluding carboxylic acids is 1. The first-order valence-electron chi connectivity index (χ1n) is 5.81. The van der Waals surface area contributed by atoms with E-state index in [1.54, 1.807) is 0 Å². The summed E-state index contributed by atoms with van der Waals surface area (Å²) in [5, 5.41) is 0. The summed E-state index contributed by atoms with van der Waals surface area (Å²) in [4.78, 5) is 13.5. The predicted molar refractivity (Wildman–Crippen MR) is 69.1 cm³/mol. The lowest BCUT2D eigenvalue weighted by atomic mass is 10.0. The Balaban J connectivity index is 2.80. The molecule has 1 aromatic carbocycles. The molecule has 0 fully saturated rings. The fraction of sp³-hybridized carbons (Fsp3) is 0.462. The van der Waals surface area contributed by atoms with Crippen molar-refractivity contribution in [3.63, 3.8) is 0 Å². The van der Waals surface area contributed by atoms with Gasteiger partial charge in [-0.25, -0.2) is 5.84 Å². The number of carbonyl (C=O) groups is 1. The van der Waals surface area contributed by atoms with E-state index in [0.29, 0.717) is 12.5 Å². The lowest BCUT2D eigenvalue weighted by molar-refractivity contribution is -0.120. The van der Waals surface area contributed by atoms with Crippen LogP contribution < -0.4 is 11.3 Å². The van der Waals surface area contributed by atoms with Crippen molar-refractivity contribution in [3.05, 3.63) is 35.4 Å². The van der Waals surface area contributed by atoms with Crippen LogP contribution in [0.25, 0.3) is 0 Å². The van der Waals surface area contributed by atoms with E-state index >= 15 is 0 Å². The predicted octanol–water partition coefficient (Wildman–Crippen LogP) is 1.06. The smallest absolute Gasteiger partial charge is 0.238 e. The molecule has 1 aromatic rings. The van der Waals surface area contributed by atoms with Gasteiger partial charge in [-0.2, -0.15) is 0 Å². The average molecular weight is 235 g/mol. The van der Waals surface area contributed by atoms with Gasteiger partial charge in [0.25, 0.3) is 0 Å². The second-order valence-corrected chi connectivity index (χ2v) is 4.52. The van der Waals surface area contributed by atoms with Gasteiger partial charge in [-0.3, -0.25) is 15.1 Å². The standard InChI is InChI=1S/C13H21N3O/c1-10(2)16(3)9-12-7-5-4-6-11(12)8-13(17)15-14/h4-7,10H,8-9,14H2,1-3H3,(H,15,17). The highest BCUT2D eigenvalue weighted by Gasteiger charge is 2.10. The van der Waals surface area contributed by atoms with Crippen LogP contribution in [0.4, 0.5) is 0 Å². The first-order valence-corrected chi connectivity index (χ1v) is 5.81. The summed E-state index contributed by atoms with van der Waals surface area (Å²) in [5.41, 5.74) is 4.37. The van der Waals surface area contributed by atoms with E-state index in [2.05, 4.69) is 37.3 Å². The van der Waals surface area contributed by atoms with E-state index in [0.717, 1.165) is 12.1 Å². The van der Waals surface area contributed by atoms with Crippen molar-refractivity contribution in [2.24, 2.45) is 5.84 Å². The molecule has 1 rings (SSSR count). The molecule has 0 aliphatic carbocycles. The van der Waals surface area contributed by atoms with Crippen molar-refractivity contribution in [1.29, 1.82) is 0 Å². The summed E-state index contributed by atoms with van der Waals surface area (Å²) in [6.07, 6.45) is 0.332. The van der Waals surface area contributed by atoms with Gasteiger partial charge in [0.15, 0.2) is 0 Å². The fourth-order valence-electron chi connectivity index (χ4n) is 1.56. The minimum atomic E-state index is -0.162. The SMILES string of the molecule is CC(C)N(C)Cc1ccccc1CC(=O)NN. The maximum Gasteiger partial charge on any atom is 0.238 e. The molecule has 0 unspecified atom stereocenters. The fourth-order valence-corrected chi connectivity index (χ4v) is 1.56. The van der Waals surface area contributed by atoms with Gasteiger partial charge in [-0.05, 0) is 32.0 Å². The number of hydrazine groups is 1. The Hall–Kier alpha value is -1.39. The molecule has 94 valence electrons. The third-order valence-corrected chi connectivity index (χ3v) is 2.93. The molecule has 4 nitrogen and oxygen atoms in total. The van der Waals surface area contributed by atoms with Crippen LogP contribution in [0.3, 0.4) is 0 Å². The van der Waals surface area contributed by atoms with Gasteiger partial charge in [0.05, 0.1) is 6.42 Å². The molecule has 17 heavy (non-hydrogen) atoms. The van der Waals surface area contributed by atoms with E-state index in [1.807, 2.05) is 18.2 Å². The molecule has 0 heterocycles. The number of benzene rings is 1. The number of nitrogens with one attached hydrogen (secondary N) is 1. The Morgan fingerprint density at radius 3 is 2.47 bits per heavy atom. The Labute approximate surface area is 103 Å². The number of amides is 1. The van der Waals surface area contributed by atoms with E-state index in [9.17, 15) is 4.79 Å². The number of hydrogen-bond acceptors (Lipinski definition) is 3. The summed E-state index contributed by atoms with van der Waals surface area (Å²) in [7, 11) is 2.07. The zero-order valence-corrected chi connectivity index (χ0v) is 10.7. The second kappa shape index (κ2) is 6.37. The molecule has 0 saturated carbocycles. The van der Waals surface area contributed by atoms with Crippen LogP contribution >= 0.6 is 0 Å². The zero-order chi connectivity index (χ0) is 12.8. The van der Waals surface area contributed by atoms with Gasteiger partial charge in [-0.1, -0.05) is 24.3 Å². The van der Waals surface area contributed by atoms with Gasteiger partial charge in [-0.15, -0.1) is 0 Å². The summed E-state index contributed by atoms with van der Waals surface area (Å²) in [6, 6.07) is 8.44. The molecule has 3 N–H and O–H groups in total. The summed E-state index contributed by atoms with van der Waals surface area (Å²) in [5.74, 6) is 4.95. The monoisotopic (exact) mass is 235 g/mol. The van der Waals surface area contributed by atoms with Crippen molar-refractivity contribution >= 4 is 5.91 Å². The molecular formula is C13H21N3O. The first kappa shape index (κ1) is 13.7. The number of nitrogens with two attached hydrogens (primary N) is 1. The molecule has 0 aliphatic rings. The minimum Gasteiger partial charge on any atom is -0.300 e. The van der Waals surface area contributed by atoms with Crippen LogP contribution in [-0.2, 0) is 17.8 Å². The van der Waals surface area contributed by atoms with Gasteiger partial charge in [0.1, 0.15) is 0 Å². The molecule has 0 spiro atoms. The Morgan fingerprint density at radius 2 is 1.94 bits per heavy atom. The number of hydrogen-bond donors (Lipinski definition) is 2. The Bertz CT molecular complexity index is 377. The number of nitrogens with zero attached hydrogens (tertiary/aromatic N) is 1. The molecule has 0 aromatic heterocycles. The zero-order valence-electron chi connectivity index (χ0n) is 10.7. The van der Waals surface area contributed by atoms with Crippen molar-refractivity contribution < 1.29 is 4.79 Å². The molecular weight excluding hydrogens is 214 g/mol. The maximum atomic E-state index is 11.3. The highest BCUT2D eigenvalue weighted by Crippen LogP contribution is 2.13. The van der Waals surface area contributed by atoms with Crippen LogP contribution in [0.1, 0.15) is 25.0 Å². The molecule has 0 atom stereocenters. The molecule has 0 aliphatic heterocycles. The quantitative estimate of drug-likeness (QED) is 0.456. The third kappa shape index (κ3) is 4.17. The van der Waals surface area contributed by atoms with Crippen LogP contribution in [-0.4, -0.2) is 23.9 Å².